The molecule has 1 amide bonds. The molecule has 176 valence electrons. The van der Waals surface area contributed by atoms with E-state index in [4.69, 9.17) is 0 Å². The van der Waals surface area contributed by atoms with E-state index in [9.17, 15) is 4.79 Å². The summed E-state index contributed by atoms with van der Waals surface area (Å²) in [5.41, 5.74) is 3.62. The number of likely N-dealkylation sites (tertiary alicyclic amines) is 2. The molecule has 2 saturated heterocycles. The highest BCUT2D eigenvalue weighted by Gasteiger charge is 2.45. The number of nitrogens with zero attached hydrogens (tertiary/aromatic N) is 2. The Morgan fingerprint density at radius 3 is 2.18 bits per heavy atom. The van der Waals surface area contributed by atoms with Crippen molar-refractivity contribution in [3.05, 3.63) is 106 Å². The molecule has 2 aliphatic heterocycles. The molecule has 0 aromatic heterocycles. The first-order valence-electron chi connectivity index (χ1n) is 12.5. The molecule has 3 nitrogen and oxygen atoms in total. The standard InChI is InChI=1S/C30H33BrN2O/c31-28-14-12-24(13-15-28)22-32-20-16-27(17-21-32)30(26-10-5-2-6-11-26)18-7-19-33(23-30)29(34)25-8-3-1-4-9-25/h1-6,8-15,27H,7,16-23H2. The maximum atomic E-state index is 13.4. The van der Waals surface area contributed by atoms with Crippen molar-refractivity contribution in [2.45, 2.75) is 37.6 Å². The summed E-state index contributed by atoms with van der Waals surface area (Å²) >= 11 is 3.54. The minimum atomic E-state index is 0.0354. The SMILES string of the molecule is O=C(c1ccccc1)N1CCCC(c2ccccc2)(C2CCN(Cc3ccc(Br)cc3)CC2)C1. The topological polar surface area (TPSA) is 23.6 Å². The van der Waals surface area contributed by atoms with Gasteiger partial charge in [0.05, 0.1) is 0 Å². The number of carbonyl (C=O) groups excluding carboxylic acids is 1. The van der Waals surface area contributed by atoms with Crippen molar-refractivity contribution in [3.63, 3.8) is 0 Å². The first-order chi connectivity index (χ1) is 16.6. The Labute approximate surface area is 211 Å². The van der Waals surface area contributed by atoms with Crippen LogP contribution in [0.1, 0.15) is 47.2 Å². The molecule has 4 heteroatoms. The Balaban J connectivity index is 1.34. The normalized spacial score (nSPS) is 22.0. The molecular weight excluding hydrogens is 484 g/mol. The van der Waals surface area contributed by atoms with Gasteiger partial charge < -0.3 is 4.90 Å². The van der Waals surface area contributed by atoms with Gasteiger partial charge in [0, 0.05) is 35.1 Å². The van der Waals surface area contributed by atoms with Crippen molar-refractivity contribution in [3.8, 4) is 0 Å². The predicted octanol–water partition coefficient (Wildman–Crippen LogP) is 6.54. The molecule has 3 aromatic carbocycles. The third-order valence-corrected chi connectivity index (χ3v) is 8.40. The third-order valence-electron chi connectivity index (χ3n) is 7.87. The van der Waals surface area contributed by atoms with E-state index in [1.807, 2.05) is 30.3 Å². The Kier molecular flexibility index (Phi) is 7.17. The number of piperidine rings is 2. The highest BCUT2D eigenvalue weighted by atomic mass is 79.9. The molecule has 3 aromatic rings. The van der Waals surface area contributed by atoms with Crippen LogP contribution < -0.4 is 0 Å². The van der Waals surface area contributed by atoms with Crippen LogP contribution in [0.2, 0.25) is 0 Å². The summed E-state index contributed by atoms with van der Waals surface area (Å²) in [6.07, 6.45) is 4.58. The Morgan fingerprint density at radius 1 is 0.853 bits per heavy atom. The number of hydrogen-bond acceptors (Lipinski definition) is 2. The minimum Gasteiger partial charge on any atom is -0.338 e. The highest BCUT2D eigenvalue weighted by Crippen LogP contribution is 2.45. The van der Waals surface area contributed by atoms with E-state index in [-0.39, 0.29) is 11.3 Å². The van der Waals surface area contributed by atoms with E-state index in [1.165, 1.54) is 24.0 Å². The molecular formula is C30H33BrN2O. The van der Waals surface area contributed by atoms with Crippen LogP contribution in [-0.2, 0) is 12.0 Å². The zero-order chi connectivity index (χ0) is 23.4. The lowest BCUT2D eigenvalue weighted by Gasteiger charge is -2.50. The van der Waals surface area contributed by atoms with E-state index in [1.54, 1.807) is 0 Å². The van der Waals surface area contributed by atoms with Gasteiger partial charge in [-0.3, -0.25) is 9.69 Å². The first kappa shape index (κ1) is 23.3. The van der Waals surface area contributed by atoms with Crippen LogP contribution in [0.15, 0.2) is 89.4 Å². The van der Waals surface area contributed by atoms with Gasteiger partial charge in [-0.2, -0.15) is 0 Å². The molecule has 34 heavy (non-hydrogen) atoms. The molecule has 2 heterocycles. The van der Waals surface area contributed by atoms with Gasteiger partial charge in [0.25, 0.3) is 5.91 Å². The van der Waals surface area contributed by atoms with Crippen molar-refractivity contribution < 1.29 is 4.79 Å². The van der Waals surface area contributed by atoms with Crippen molar-refractivity contribution >= 4 is 21.8 Å². The second-order valence-corrected chi connectivity index (χ2v) is 10.8. The second-order valence-electron chi connectivity index (χ2n) is 9.90. The van der Waals surface area contributed by atoms with E-state index in [0.29, 0.717) is 5.92 Å². The van der Waals surface area contributed by atoms with Crippen LogP contribution in [-0.4, -0.2) is 41.9 Å². The highest BCUT2D eigenvalue weighted by molar-refractivity contribution is 9.10. The monoisotopic (exact) mass is 516 g/mol. The van der Waals surface area contributed by atoms with Crippen LogP contribution >= 0.6 is 15.9 Å². The number of carbonyl (C=O) groups is 1. The number of amides is 1. The fourth-order valence-corrected chi connectivity index (χ4v) is 6.35. The molecule has 0 aliphatic carbocycles. The summed E-state index contributed by atoms with van der Waals surface area (Å²) in [7, 11) is 0. The molecule has 2 fully saturated rings. The smallest absolute Gasteiger partial charge is 0.253 e. The maximum absolute atomic E-state index is 13.4. The quantitative estimate of drug-likeness (QED) is 0.384. The third kappa shape index (κ3) is 4.99. The average molecular weight is 518 g/mol. The van der Waals surface area contributed by atoms with Gasteiger partial charge in [0.1, 0.15) is 0 Å². The zero-order valence-corrected chi connectivity index (χ0v) is 21.3. The largest absolute Gasteiger partial charge is 0.338 e. The van der Waals surface area contributed by atoms with Gasteiger partial charge >= 0.3 is 0 Å². The van der Waals surface area contributed by atoms with Crippen LogP contribution in [0.4, 0.5) is 0 Å². The number of rotatable bonds is 5. The summed E-state index contributed by atoms with van der Waals surface area (Å²) < 4.78 is 1.13. The molecule has 5 rings (SSSR count). The lowest BCUT2D eigenvalue weighted by molar-refractivity contribution is 0.0422. The van der Waals surface area contributed by atoms with Gasteiger partial charge in [-0.15, -0.1) is 0 Å². The minimum absolute atomic E-state index is 0.0354. The van der Waals surface area contributed by atoms with Crippen LogP contribution in [0.5, 0.6) is 0 Å². The molecule has 0 N–H and O–H groups in total. The van der Waals surface area contributed by atoms with Gasteiger partial charge in [-0.05, 0) is 80.1 Å². The fourth-order valence-electron chi connectivity index (χ4n) is 6.09. The summed E-state index contributed by atoms with van der Waals surface area (Å²) in [5, 5.41) is 0. The average Bonchev–Trinajstić information content (AvgIpc) is 2.91. The molecule has 1 atom stereocenters. The summed E-state index contributed by atoms with van der Waals surface area (Å²) in [6, 6.07) is 29.5. The van der Waals surface area contributed by atoms with Crippen molar-refractivity contribution in [1.29, 1.82) is 0 Å². The molecule has 0 bridgehead atoms. The number of benzene rings is 3. The molecule has 0 spiro atoms. The maximum Gasteiger partial charge on any atom is 0.253 e. The summed E-state index contributed by atoms with van der Waals surface area (Å²) in [5.74, 6) is 0.760. The van der Waals surface area contributed by atoms with Crippen LogP contribution in [0.25, 0.3) is 0 Å². The molecule has 1 unspecified atom stereocenters. The van der Waals surface area contributed by atoms with E-state index >= 15 is 0 Å². The zero-order valence-electron chi connectivity index (χ0n) is 19.7. The fraction of sp³-hybridized carbons (Fsp3) is 0.367. The predicted molar refractivity (Wildman–Crippen MR) is 142 cm³/mol. The summed E-state index contributed by atoms with van der Waals surface area (Å²) in [6.45, 7) is 4.91. The van der Waals surface area contributed by atoms with Crippen LogP contribution in [0.3, 0.4) is 0 Å². The Bertz CT molecular complexity index is 1080. The van der Waals surface area contributed by atoms with Crippen molar-refractivity contribution in [1.82, 2.24) is 9.80 Å². The number of hydrogen-bond donors (Lipinski definition) is 0. The van der Waals surface area contributed by atoms with E-state index < -0.39 is 0 Å². The van der Waals surface area contributed by atoms with Gasteiger partial charge in [-0.25, -0.2) is 0 Å². The molecule has 0 radical (unpaired) electrons. The first-order valence-corrected chi connectivity index (χ1v) is 13.3. The summed E-state index contributed by atoms with van der Waals surface area (Å²) in [4.78, 5) is 18.1. The molecule has 0 saturated carbocycles. The molecule has 2 aliphatic rings. The number of halogens is 1. The van der Waals surface area contributed by atoms with Gasteiger partial charge in [0.15, 0.2) is 0 Å². The van der Waals surface area contributed by atoms with Crippen LogP contribution in [0, 0.1) is 5.92 Å². The van der Waals surface area contributed by atoms with E-state index in [2.05, 4.69) is 80.3 Å². The van der Waals surface area contributed by atoms with Crippen molar-refractivity contribution in [2.75, 3.05) is 26.2 Å². The van der Waals surface area contributed by atoms with E-state index in [0.717, 1.165) is 55.6 Å². The van der Waals surface area contributed by atoms with Crippen molar-refractivity contribution in [2.24, 2.45) is 5.92 Å². The lowest BCUT2D eigenvalue weighted by Crippen LogP contribution is -2.54. The second kappa shape index (κ2) is 10.5. The van der Waals surface area contributed by atoms with Gasteiger partial charge in [-0.1, -0.05) is 76.6 Å². The lowest BCUT2D eigenvalue weighted by atomic mass is 9.62. The van der Waals surface area contributed by atoms with Gasteiger partial charge in [0.2, 0.25) is 0 Å². The Hall–Kier alpha value is -2.43. The Morgan fingerprint density at radius 2 is 1.50 bits per heavy atom.